The Morgan fingerprint density at radius 1 is 1.36 bits per heavy atom. The van der Waals surface area contributed by atoms with Crippen LogP contribution in [-0.4, -0.2) is 17.0 Å². The first-order chi connectivity index (χ1) is 6.74. The van der Waals surface area contributed by atoms with E-state index in [2.05, 4.69) is 0 Å². The topological polar surface area (TPSA) is 69.1 Å². The van der Waals surface area contributed by atoms with Gasteiger partial charge in [-0.1, -0.05) is 42.1 Å². The number of hydrogen-bond acceptors (Lipinski definition) is 4. The zero-order valence-corrected chi connectivity index (χ0v) is 8.67. The molecule has 0 heterocycles. The van der Waals surface area contributed by atoms with Crippen molar-refractivity contribution in [3.05, 3.63) is 35.9 Å². The van der Waals surface area contributed by atoms with Crippen molar-refractivity contribution in [3.8, 4) is 0 Å². The quantitative estimate of drug-likeness (QED) is 0.719. The Morgan fingerprint density at radius 2 is 2.00 bits per heavy atom. The first kappa shape index (κ1) is 11.2. The number of thioether (sulfide) groups is 1. The highest BCUT2D eigenvalue weighted by molar-refractivity contribution is 8.13. The smallest absolute Gasteiger partial charge is 0.207 e. The minimum absolute atomic E-state index is 0.0450. The molecule has 0 bridgehead atoms. The van der Waals surface area contributed by atoms with E-state index in [9.17, 15) is 4.79 Å². The van der Waals surface area contributed by atoms with Gasteiger partial charge in [0.2, 0.25) is 5.12 Å². The van der Waals surface area contributed by atoms with E-state index in [4.69, 9.17) is 11.5 Å². The number of hydrogen-bond donors (Lipinski definition) is 2. The minimum atomic E-state index is -0.453. The summed E-state index contributed by atoms with van der Waals surface area (Å²) in [5, 5.41) is -0.0450. The molecule has 0 aliphatic heterocycles. The van der Waals surface area contributed by atoms with Crippen LogP contribution in [0.15, 0.2) is 30.3 Å². The van der Waals surface area contributed by atoms with Crippen molar-refractivity contribution in [1.82, 2.24) is 0 Å². The largest absolute Gasteiger partial charge is 0.322 e. The van der Waals surface area contributed by atoms with Gasteiger partial charge in [0.15, 0.2) is 0 Å². The first-order valence-corrected chi connectivity index (χ1v) is 5.39. The Balaban J connectivity index is 2.49. The number of benzene rings is 1. The standard InChI is InChI=1S/C10H14N2OS/c11-7-14-10(13)9(12)6-8-4-2-1-3-5-8/h1-5,9H,6-7,11-12H2/t9-/m0/s1. The van der Waals surface area contributed by atoms with Gasteiger partial charge >= 0.3 is 0 Å². The van der Waals surface area contributed by atoms with Gasteiger partial charge in [0.05, 0.1) is 6.04 Å². The van der Waals surface area contributed by atoms with Gasteiger partial charge in [0.25, 0.3) is 0 Å². The van der Waals surface area contributed by atoms with Gasteiger partial charge in [-0.15, -0.1) is 0 Å². The zero-order chi connectivity index (χ0) is 10.4. The summed E-state index contributed by atoms with van der Waals surface area (Å²) >= 11 is 1.07. The molecule has 76 valence electrons. The van der Waals surface area contributed by atoms with Crippen LogP contribution >= 0.6 is 11.8 Å². The van der Waals surface area contributed by atoms with Crippen LogP contribution < -0.4 is 11.5 Å². The van der Waals surface area contributed by atoms with Crippen molar-refractivity contribution in [2.24, 2.45) is 11.5 Å². The van der Waals surface area contributed by atoms with Gasteiger partial charge in [-0.2, -0.15) is 0 Å². The van der Waals surface area contributed by atoms with Crippen LogP contribution in [0.4, 0.5) is 0 Å². The van der Waals surface area contributed by atoms with Crippen LogP contribution in [0.3, 0.4) is 0 Å². The highest BCUT2D eigenvalue weighted by Crippen LogP contribution is 2.07. The molecular weight excluding hydrogens is 196 g/mol. The molecule has 0 aromatic heterocycles. The maximum atomic E-state index is 11.3. The molecule has 0 radical (unpaired) electrons. The molecule has 0 unspecified atom stereocenters. The zero-order valence-electron chi connectivity index (χ0n) is 7.85. The normalized spacial score (nSPS) is 12.4. The second-order valence-electron chi connectivity index (χ2n) is 2.93. The lowest BCUT2D eigenvalue weighted by molar-refractivity contribution is -0.112. The average Bonchev–Trinajstić information content (AvgIpc) is 2.19. The summed E-state index contributed by atoms with van der Waals surface area (Å²) in [6.45, 7) is 0. The molecule has 4 heteroatoms. The Labute approximate surface area is 87.9 Å². The molecule has 1 aromatic carbocycles. The van der Waals surface area contributed by atoms with E-state index in [1.165, 1.54) is 0 Å². The molecule has 1 rings (SSSR count). The molecule has 1 atom stereocenters. The molecule has 1 aromatic rings. The lowest BCUT2D eigenvalue weighted by Gasteiger charge is -2.08. The van der Waals surface area contributed by atoms with Gasteiger partial charge in [-0.05, 0) is 12.0 Å². The maximum absolute atomic E-state index is 11.3. The van der Waals surface area contributed by atoms with Gasteiger partial charge in [-0.25, -0.2) is 0 Å². The van der Waals surface area contributed by atoms with Gasteiger partial charge in [0, 0.05) is 5.88 Å². The highest BCUT2D eigenvalue weighted by atomic mass is 32.2. The Kier molecular flexibility index (Phi) is 4.65. The van der Waals surface area contributed by atoms with Crippen LogP contribution in [0.25, 0.3) is 0 Å². The molecule has 0 amide bonds. The molecule has 0 saturated heterocycles. The SMILES string of the molecule is NCSC(=O)[C@@H](N)Cc1ccccc1. The maximum Gasteiger partial charge on any atom is 0.207 e. The number of carbonyl (C=O) groups excluding carboxylic acids is 1. The summed E-state index contributed by atoms with van der Waals surface area (Å²) in [6, 6.07) is 9.27. The van der Waals surface area contributed by atoms with Crippen molar-refractivity contribution in [1.29, 1.82) is 0 Å². The minimum Gasteiger partial charge on any atom is -0.322 e. The van der Waals surface area contributed by atoms with Crippen LogP contribution in [0.2, 0.25) is 0 Å². The van der Waals surface area contributed by atoms with Gasteiger partial charge in [0.1, 0.15) is 0 Å². The van der Waals surface area contributed by atoms with E-state index in [1.807, 2.05) is 30.3 Å². The van der Waals surface area contributed by atoms with Crippen LogP contribution in [0, 0.1) is 0 Å². The molecule has 0 aliphatic rings. The molecule has 0 saturated carbocycles. The second kappa shape index (κ2) is 5.80. The predicted molar refractivity (Wildman–Crippen MR) is 59.8 cm³/mol. The lowest BCUT2D eigenvalue weighted by Crippen LogP contribution is -2.31. The summed E-state index contributed by atoms with van der Waals surface area (Å²) in [7, 11) is 0. The Morgan fingerprint density at radius 3 is 2.57 bits per heavy atom. The highest BCUT2D eigenvalue weighted by Gasteiger charge is 2.13. The molecular formula is C10H14N2OS. The lowest BCUT2D eigenvalue weighted by atomic mass is 10.1. The first-order valence-electron chi connectivity index (χ1n) is 4.40. The summed E-state index contributed by atoms with van der Waals surface area (Å²) in [4.78, 5) is 11.3. The van der Waals surface area contributed by atoms with Gasteiger partial charge in [-0.3, -0.25) is 4.79 Å². The van der Waals surface area contributed by atoms with Crippen molar-refractivity contribution in [2.45, 2.75) is 12.5 Å². The number of rotatable bonds is 4. The van der Waals surface area contributed by atoms with Crippen LogP contribution in [0.1, 0.15) is 5.56 Å². The third kappa shape index (κ3) is 3.49. The van der Waals surface area contributed by atoms with Crippen molar-refractivity contribution < 1.29 is 4.79 Å². The summed E-state index contributed by atoms with van der Waals surface area (Å²) in [5.74, 6) is 0.293. The third-order valence-electron chi connectivity index (χ3n) is 1.83. The van der Waals surface area contributed by atoms with Crippen molar-refractivity contribution >= 4 is 16.9 Å². The van der Waals surface area contributed by atoms with Crippen LogP contribution in [-0.2, 0) is 11.2 Å². The molecule has 3 nitrogen and oxygen atoms in total. The Bertz CT molecular complexity index is 289. The molecule has 0 aliphatic carbocycles. The van der Waals surface area contributed by atoms with E-state index < -0.39 is 6.04 Å². The third-order valence-corrected chi connectivity index (χ3v) is 2.58. The summed E-state index contributed by atoms with van der Waals surface area (Å²) in [5.41, 5.74) is 12.0. The summed E-state index contributed by atoms with van der Waals surface area (Å²) in [6.07, 6.45) is 0.576. The molecule has 0 fully saturated rings. The van der Waals surface area contributed by atoms with E-state index in [0.29, 0.717) is 12.3 Å². The van der Waals surface area contributed by atoms with Gasteiger partial charge < -0.3 is 11.5 Å². The predicted octanol–water partition coefficient (Wildman–Crippen LogP) is 0.732. The number of nitrogens with two attached hydrogens (primary N) is 2. The fourth-order valence-corrected chi connectivity index (χ4v) is 1.60. The van der Waals surface area contributed by atoms with Crippen molar-refractivity contribution in [3.63, 3.8) is 0 Å². The monoisotopic (exact) mass is 210 g/mol. The van der Waals surface area contributed by atoms with E-state index >= 15 is 0 Å². The fraction of sp³-hybridized carbons (Fsp3) is 0.300. The summed E-state index contributed by atoms with van der Waals surface area (Å²) < 4.78 is 0. The Hall–Kier alpha value is -0.840. The van der Waals surface area contributed by atoms with Crippen LogP contribution in [0.5, 0.6) is 0 Å². The van der Waals surface area contributed by atoms with E-state index in [-0.39, 0.29) is 5.12 Å². The fourth-order valence-electron chi connectivity index (χ4n) is 1.14. The van der Waals surface area contributed by atoms with Crippen molar-refractivity contribution in [2.75, 3.05) is 5.88 Å². The average molecular weight is 210 g/mol. The molecule has 4 N–H and O–H groups in total. The molecule has 14 heavy (non-hydrogen) atoms. The molecule has 0 spiro atoms. The van der Waals surface area contributed by atoms with E-state index in [0.717, 1.165) is 17.3 Å². The second-order valence-corrected chi connectivity index (χ2v) is 3.95. The van der Waals surface area contributed by atoms with E-state index in [1.54, 1.807) is 0 Å². The number of carbonyl (C=O) groups is 1.